The van der Waals surface area contributed by atoms with Crippen LogP contribution in [-0.4, -0.2) is 23.7 Å². The molecule has 0 aromatic rings. The van der Waals surface area contributed by atoms with Crippen molar-refractivity contribution in [1.82, 2.24) is 0 Å². The minimum Gasteiger partial charge on any atom is -0.450 e. The SMILES string of the molecule is CC(=O)CCOC(=O)O. The smallest absolute Gasteiger partial charge is 0.450 e. The number of ketones is 1. The van der Waals surface area contributed by atoms with Gasteiger partial charge >= 0.3 is 6.16 Å². The molecule has 0 fully saturated rings. The van der Waals surface area contributed by atoms with Crippen molar-refractivity contribution in [2.45, 2.75) is 13.3 Å². The third-order valence-corrected chi connectivity index (χ3v) is 0.680. The molecule has 0 aromatic carbocycles. The Kier molecular flexibility index (Phi) is 3.43. The van der Waals surface area contributed by atoms with Crippen LogP contribution >= 0.6 is 0 Å². The van der Waals surface area contributed by atoms with Gasteiger partial charge in [0, 0.05) is 6.42 Å². The Morgan fingerprint density at radius 1 is 1.56 bits per heavy atom. The van der Waals surface area contributed by atoms with E-state index >= 15 is 0 Å². The van der Waals surface area contributed by atoms with E-state index in [1.54, 1.807) is 0 Å². The van der Waals surface area contributed by atoms with Gasteiger partial charge in [-0.1, -0.05) is 0 Å². The van der Waals surface area contributed by atoms with Crippen molar-refractivity contribution in [3.05, 3.63) is 0 Å². The molecule has 4 nitrogen and oxygen atoms in total. The van der Waals surface area contributed by atoms with Gasteiger partial charge < -0.3 is 9.84 Å². The number of carbonyl (C=O) groups excluding carboxylic acids is 1. The first kappa shape index (κ1) is 7.94. The fourth-order valence-electron chi connectivity index (χ4n) is 0.282. The van der Waals surface area contributed by atoms with Crippen LogP contribution in [0.25, 0.3) is 0 Å². The molecule has 0 atom stereocenters. The number of carbonyl (C=O) groups is 2. The molecule has 0 aliphatic rings. The first-order chi connectivity index (χ1) is 4.13. The second-order valence-electron chi connectivity index (χ2n) is 1.57. The lowest BCUT2D eigenvalue weighted by molar-refractivity contribution is -0.117. The monoisotopic (exact) mass is 132 g/mol. The summed E-state index contributed by atoms with van der Waals surface area (Å²) >= 11 is 0. The van der Waals surface area contributed by atoms with E-state index in [0.29, 0.717) is 0 Å². The molecule has 0 aromatic heterocycles. The van der Waals surface area contributed by atoms with Crippen LogP contribution in [0, 0.1) is 0 Å². The van der Waals surface area contributed by atoms with Gasteiger partial charge in [-0.2, -0.15) is 0 Å². The van der Waals surface area contributed by atoms with Crippen molar-refractivity contribution in [2.24, 2.45) is 0 Å². The summed E-state index contributed by atoms with van der Waals surface area (Å²) in [6, 6.07) is 0. The molecule has 0 aliphatic heterocycles. The molecule has 1 N–H and O–H groups in total. The Morgan fingerprint density at radius 2 is 2.11 bits per heavy atom. The minimum absolute atomic E-state index is 0.0370. The summed E-state index contributed by atoms with van der Waals surface area (Å²) in [4.78, 5) is 19.8. The molecule has 0 amide bonds. The number of carboxylic acid groups (broad SMARTS) is 1. The average molecular weight is 132 g/mol. The van der Waals surface area contributed by atoms with E-state index in [0.717, 1.165) is 0 Å². The zero-order valence-electron chi connectivity index (χ0n) is 5.09. The van der Waals surface area contributed by atoms with Crippen molar-refractivity contribution >= 4 is 11.9 Å². The molecular formula is C5H8O4. The third-order valence-electron chi connectivity index (χ3n) is 0.680. The molecule has 0 spiro atoms. The largest absolute Gasteiger partial charge is 0.505 e. The van der Waals surface area contributed by atoms with E-state index < -0.39 is 6.16 Å². The van der Waals surface area contributed by atoms with Gasteiger partial charge in [-0.05, 0) is 6.92 Å². The van der Waals surface area contributed by atoms with E-state index in [-0.39, 0.29) is 18.8 Å². The Bertz CT molecular complexity index is 104. The fourth-order valence-corrected chi connectivity index (χ4v) is 0.282. The topological polar surface area (TPSA) is 63.6 Å². The first-order valence-corrected chi connectivity index (χ1v) is 2.48. The maximum absolute atomic E-state index is 10.2. The maximum atomic E-state index is 10.2. The van der Waals surface area contributed by atoms with E-state index in [2.05, 4.69) is 4.74 Å². The predicted octanol–water partition coefficient (Wildman–Crippen LogP) is 0.660. The van der Waals surface area contributed by atoms with Gasteiger partial charge in [0.15, 0.2) is 0 Å². The summed E-state index contributed by atoms with van der Waals surface area (Å²) < 4.78 is 4.05. The fraction of sp³-hybridized carbons (Fsp3) is 0.600. The van der Waals surface area contributed by atoms with E-state index in [1.165, 1.54) is 6.92 Å². The second kappa shape index (κ2) is 3.88. The quantitative estimate of drug-likeness (QED) is 0.573. The van der Waals surface area contributed by atoms with Gasteiger partial charge in [0.2, 0.25) is 0 Å². The Morgan fingerprint density at radius 3 is 2.44 bits per heavy atom. The van der Waals surface area contributed by atoms with Crippen molar-refractivity contribution in [3.8, 4) is 0 Å². The van der Waals surface area contributed by atoms with E-state index in [9.17, 15) is 9.59 Å². The summed E-state index contributed by atoms with van der Waals surface area (Å²) in [7, 11) is 0. The van der Waals surface area contributed by atoms with Crippen LogP contribution in [0.5, 0.6) is 0 Å². The van der Waals surface area contributed by atoms with Crippen molar-refractivity contribution in [3.63, 3.8) is 0 Å². The molecule has 0 unspecified atom stereocenters. The van der Waals surface area contributed by atoms with Crippen molar-refractivity contribution < 1.29 is 19.4 Å². The third kappa shape index (κ3) is 6.94. The lowest BCUT2D eigenvalue weighted by Crippen LogP contribution is -2.04. The summed E-state index contributed by atoms with van der Waals surface area (Å²) in [5, 5.41) is 7.89. The van der Waals surface area contributed by atoms with Crippen LogP contribution in [0.2, 0.25) is 0 Å². The Labute approximate surface area is 52.4 Å². The van der Waals surface area contributed by atoms with E-state index in [4.69, 9.17) is 5.11 Å². The zero-order chi connectivity index (χ0) is 7.28. The van der Waals surface area contributed by atoms with Gasteiger partial charge in [-0.15, -0.1) is 0 Å². The van der Waals surface area contributed by atoms with Gasteiger partial charge in [0.25, 0.3) is 0 Å². The molecule has 0 radical (unpaired) electrons. The normalized spacial score (nSPS) is 8.56. The highest BCUT2D eigenvalue weighted by atomic mass is 16.7. The van der Waals surface area contributed by atoms with Gasteiger partial charge in [-0.25, -0.2) is 4.79 Å². The number of rotatable bonds is 3. The maximum Gasteiger partial charge on any atom is 0.505 e. The Hall–Kier alpha value is -1.06. The molecule has 9 heavy (non-hydrogen) atoms. The highest BCUT2D eigenvalue weighted by Crippen LogP contribution is 1.83. The molecule has 52 valence electrons. The lowest BCUT2D eigenvalue weighted by Gasteiger charge is -1.94. The van der Waals surface area contributed by atoms with Crippen LogP contribution < -0.4 is 0 Å². The summed E-state index contributed by atoms with van der Waals surface area (Å²) in [6.07, 6.45) is -1.18. The van der Waals surface area contributed by atoms with Crippen LogP contribution in [0.1, 0.15) is 13.3 Å². The average Bonchev–Trinajstić information content (AvgIpc) is 1.63. The molecule has 0 saturated carbocycles. The predicted molar refractivity (Wildman–Crippen MR) is 29.3 cm³/mol. The minimum atomic E-state index is -1.34. The second-order valence-corrected chi connectivity index (χ2v) is 1.57. The standard InChI is InChI=1S/C5H8O4/c1-4(6)2-3-9-5(7)8/h2-3H2,1H3,(H,7,8). The summed E-state index contributed by atoms with van der Waals surface area (Å²) in [5.41, 5.74) is 0. The van der Waals surface area contributed by atoms with Gasteiger partial charge in [-0.3, -0.25) is 4.79 Å². The summed E-state index contributed by atoms with van der Waals surface area (Å²) in [5.74, 6) is -0.0729. The van der Waals surface area contributed by atoms with Gasteiger partial charge in [0.1, 0.15) is 12.4 Å². The Balaban J connectivity index is 3.10. The number of hydrogen-bond acceptors (Lipinski definition) is 3. The number of ether oxygens (including phenoxy) is 1. The van der Waals surface area contributed by atoms with Gasteiger partial charge in [0.05, 0.1) is 0 Å². The molecule has 0 rings (SSSR count). The molecular weight excluding hydrogens is 124 g/mol. The van der Waals surface area contributed by atoms with Crippen LogP contribution in [0.3, 0.4) is 0 Å². The molecule has 0 saturated heterocycles. The van der Waals surface area contributed by atoms with E-state index in [1.807, 2.05) is 0 Å². The van der Waals surface area contributed by atoms with Crippen molar-refractivity contribution in [1.29, 1.82) is 0 Å². The van der Waals surface area contributed by atoms with Crippen LogP contribution in [-0.2, 0) is 9.53 Å². The number of Topliss-reactive ketones (excluding diaryl/α,β-unsaturated/α-hetero) is 1. The highest BCUT2D eigenvalue weighted by Gasteiger charge is 1.96. The van der Waals surface area contributed by atoms with Crippen LogP contribution in [0.4, 0.5) is 4.79 Å². The molecule has 0 aliphatic carbocycles. The van der Waals surface area contributed by atoms with Crippen LogP contribution in [0.15, 0.2) is 0 Å². The first-order valence-electron chi connectivity index (χ1n) is 2.48. The molecule has 0 heterocycles. The highest BCUT2D eigenvalue weighted by molar-refractivity contribution is 5.75. The van der Waals surface area contributed by atoms with Crippen molar-refractivity contribution in [2.75, 3.05) is 6.61 Å². The zero-order valence-corrected chi connectivity index (χ0v) is 5.09. The molecule has 4 heteroatoms. The number of hydrogen-bond donors (Lipinski definition) is 1. The lowest BCUT2D eigenvalue weighted by atomic mass is 10.3. The summed E-state index contributed by atoms with van der Waals surface area (Å²) in [6.45, 7) is 1.34. The molecule has 0 bridgehead atoms.